The molecule has 2 aromatic carbocycles. The van der Waals surface area contributed by atoms with Gasteiger partial charge < -0.3 is 4.57 Å². The first-order valence-corrected chi connectivity index (χ1v) is 10.0. The monoisotopic (exact) mass is 427 g/mol. The molecule has 0 saturated heterocycles. The topological polar surface area (TPSA) is 56.5 Å². The summed E-state index contributed by atoms with van der Waals surface area (Å²) in [6, 6.07) is 13.5. The summed E-state index contributed by atoms with van der Waals surface area (Å²) in [6.07, 6.45) is 3.94. The van der Waals surface area contributed by atoms with Gasteiger partial charge in [0.05, 0.1) is 26.8 Å². The minimum absolute atomic E-state index is 0.446. The number of nitrogens with zero attached hydrogens (tertiary/aromatic N) is 5. The summed E-state index contributed by atoms with van der Waals surface area (Å²) in [6.45, 7) is 1.90. The predicted molar refractivity (Wildman–Crippen MR) is 115 cm³/mol. The third-order valence-corrected chi connectivity index (χ3v) is 5.93. The predicted octanol–water partition coefficient (Wildman–Crippen LogP) is 5.70. The summed E-state index contributed by atoms with van der Waals surface area (Å²) < 4.78 is 1.91. The summed E-state index contributed by atoms with van der Waals surface area (Å²) in [5, 5.41) is 10.7. The van der Waals surface area contributed by atoms with Gasteiger partial charge in [-0.05, 0) is 42.5 Å². The molecule has 0 atom stereocenters. The van der Waals surface area contributed by atoms with E-state index in [1.807, 2.05) is 61.0 Å². The second-order valence-electron chi connectivity index (χ2n) is 6.10. The summed E-state index contributed by atoms with van der Waals surface area (Å²) in [5.74, 6) is 0.826. The minimum Gasteiger partial charge on any atom is -0.309 e. The van der Waals surface area contributed by atoms with Crippen molar-refractivity contribution in [2.75, 3.05) is 0 Å². The molecule has 8 heteroatoms. The first-order chi connectivity index (χ1) is 13.5. The van der Waals surface area contributed by atoms with Crippen LogP contribution < -0.4 is 0 Å². The van der Waals surface area contributed by atoms with Gasteiger partial charge in [0.15, 0.2) is 5.16 Å². The quantitative estimate of drug-likeness (QED) is 0.418. The van der Waals surface area contributed by atoms with E-state index in [4.69, 9.17) is 33.2 Å². The highest BCUT2D eigenvalue weighted by Crippen LogP contribution is 2.32. The average molecular weight is 428 g/mol. The Morgan fingerprint density at radius 2 is 1.61 bits per heavy atom. The van der Waals surface area contributed by atoms with Crippen molar-refractivity contribution in [1.82, 2.24) is 24.7 Å². The maximum Gasteiger partial charge on any atom is 0.197 e. The van der Waals surface area contributed by atoms with Gasteiger partial charge in [0, 0.05) is 7.05 Å². The molecular weight excluding hydrogens is 413 g/mol. The van der Waals surface area contributed by atoms with E-state index in [0.29, 0.717) is 26.1 Å². The van der Waals surface area contributed by atoms with Crippen molar-refractivity contribution in [3.63, 3.8) is 0 Å². The lowest BCUT2D eigenvalue weighted by atomic mass is 10.2. The van der Waals surface area contributed by atoms with Gasteiger partial charge in [-0.3, -0.25) is 0 Å². The van der Waals surface area contributed by atoms with Crippen molar-refractivity contribution >= 4 is 58.1 Å². The number of benzene rings is 2. The van der Waals surface area contributed by atoms with Crippen molar-refractivity contribution in [3.05, 3.63) is 69.6 Å². The standard InChI is InChI=1S/C20H15Cl2N5S/c1-12-25-26-20(27(12)2)28-19-16(9-8-13-6-4-3-5-7-13)23-17-10-14(21)15(22)11-18(17)24-19/h3-11H,1-2H3. The Hall–Kier alpha value is -2.41. The molecule has 0 bridgehead atoms. The molecule has 0 aliphatic heterocycles. The molecule has 0 amide bonds. The van der Waals surface area contributed by atoms with Crippen LogP contribution in [0, 0.1) is 6.92 Å². The number of rotatable bonds is 4. The van der Waals surface area contributed by atoms with Crippen molar-refractivity contribution in [2.45, 2.75) is 17.1 Å². The van der Waals surface area contributed by atoms with E-state index < -0.39 is 0 Å². The van der Waals surface area contributed by atoms with Crippen LogP contribution in [-0.2, 0) is 7.05 Å². The van der Waals surface area contributed by atoms with Crippen molar-refractivity contribution in [3.8, 4) is 0 Å². The van der Waals surface area contributed by atoms with Crippen LogP contribution in [0.15, 0.2) is 52.6 Å². The summed E-state index contributed by atoms with van der Waals surface area (Å²) >= 11 is 13.7. The Labute approximate surface area is 176 Å². The van der Waals surface area contributed by atoms with Gasteiger partial charge in [-0.1, -0.05) is 59.6 Å². The molecule has 0 fully saturated rings. The van der Waals surface area contributed by atoms with Gasteiger partial charge in [0.1, 0.15) is 10.9 Å². The first kappa shape index (κ1) is 18.9. The number of aromatic nitrogens is 5. The van der Waals surface area contributed by atoms with Gasteiger partial charge in [-0.15, -0.1) is 10.2 Å². The van der Waals surface area contributed by atoms with Crippen LogP contribution in [0.5, 0.6) is 0 Å². The van der Waals surface area contributed by atoms with Crippen LogP contribution in [0.1, 0.15) is 17.1 Å². The molecule has 4 rings (SSSR count). The molecule has 0 spiro atoms. The highest BCUT2D eigenvalue weighted by atomic mass is 35.5. The molecule has 28 heavy (non-hydrogen) atoms. The van der Waals surface area contributed by atoms with Gasteiger partial charge in [0.2, 0.25) is 0 Å². The molecule has 0 saturated carbocycles. The number of hydrogen-bond acceptors (Lipinski definition) is 5. The average Bonchev–Trinajstić information content (AvgIpc) is 3.00. The second kappa shape index (κ2) is 7.91. The zero-order valence-electron chi connectivity index (χ0n) is 15.1. The summed E-state index contributed by atoms with van der Waals surface area (Å²) in [4.78, 5) is 9.51. The highest BCUT2D eigenvalue weighted by Gasteiger charge is 2.14. The van der Waals surface area contributed by atoms with E-state index in [-0.39, 0.29) is 0 Å². The van der Waals surface area contributed by atoms with E-state index >= 15 is 0 Å². The zero-order chi connectivity index (χ0) is 19.7. The maximum atomic E-state index is 6.16. The Morgan fingerprint density at radius 1 is 0.929 bits per heavy atom. The fraction of sp³-hybridized carbons (Fsp3) is 0.100. The molecule has 2 heterocycles. The third kappa shape index (κ3) is 3.90. The molecule has 0 N–H and O–H groups in total. The van der Waals surface area contributed by atoms with E-state index in [2.05, 4.69) is 10.2 Å². The summed E-state index contributed by atoms with van der Waals surface area (Å²) in [5.41, 5.74) is 3.15. The number of halogens is 2. The molecule has 4 aromatic rings. The van der Waals surface area contributed by atoms with E-state index in [1.165, 1.54) is 11.8 Å². The van der Waals surface area contributed by atoms with Crippen LogP contribution in [-0.4, -0.2) is 24.7 Å². The molecule has 140 valence electrons. The molecule has 0 aliphatic carbocycles. The van der Waals surface area contributed by atoms with Gasteiger partial charge in [-0.25, -0.2) is 9.97 Å². The number of aryl methyl sites for hydroxylation is 1. The fourth-order valence-corrected chi connectivity index (χ4v) is 3.74. The van der Waals surface area contributed by atoms with Crippen LogP contribution >= 0.6 is 35.0 Å². The van der Waals surface area contributed by atoms with Crippen molar-refractivity contribution < 1.29 is 0 Å². The van der Waals surface area contributed by atoms with Gasteiger partial charge in [-0.2, -0.15) is 0 Å². The number of hydrogen-bond donors (Lipinski definition) is 0. The lowest BCUT2D eigenvalue weighted by molar-refractivity contribution is 0.764. The second-order valence-corrected chi connectivity index (χ2v) is 7.87. The zero-order valence-corrected chi connectivity index (χ0v) is 17.4. The molecular formula is C20H15Cl2N5S. The lowest BCUT2D eigenvalue weighted by Crippen LogP contribution is -1.97. The Morgan fingerprint density at radius 3 is 2.25 bits per heavy atom. The van der Waals surface area contributed by atoms with Crippen molar-refractivity contribution in [2.24, 2.45) is 7.05 Å². The van der Waals surface area contributed by atoms with Crippen LogP contribution in [0.4, 0.5) is 0 Å². The fourth-order valence-electron chi connectivity index (χ4n) is 2.54. The molecule has 0 radical (unpaired) electrons. The number of fused-ring (bicyclic) bond motifs is 1. The smallest absolute Gasteiger partial charge is 0.197 e. The molecule has 5 nitrogen and oxygen atoms in total. The maximum absolute atomic E-state index is 6.16. The normalized spacial score (nSPS) is 11.6. The largest absolute Gasteiger partial charge is 0.309 e. The molecule has 0 aliphatic rings. The molecule has 2 aromatic heterocycles. The highest BCUT2D eigenvalue weighted by molar-refractivity contribution is 7.99. The lowest BCUT2D eigenvalue weighted by Gasteiger charge is -2.08. The van der Waals surface area contributed by atoms with E-state index in [1.54, 1.807) is 12.1 Å². The van der Waals surface area contributed by atoms with Crippen molar-refractivity contribution in [1.29, 1.82) is 0 Å². The minimum atomic E-state index is 0.446. The third-order valence-electron chi connectivity index (χ3n) is 4.17. The van der Waals surface area contributed by atoms with Crippen LogP contribution in [0.3, 0.4) is 0 Å². The first-order valence-electron chi connectivity index (χ1n) is 8.45. The van der Waals surface area contributed by atoms with E-state index in [0.717, 1.165) is 22.2 Å². The Bertz CT molecular complexity index is 1190. The Kier molecular flexibility index (Phi) is 5.35. The SMILES string of the molecule is Cc1nnc(Sc2nc3cc(Cl)c(Cl)cc3nc2C=Cc2ccccc2)n1C. The van der Waals surface area contributed by atoms with Crippen LogP contribution in [0.2, 0.25) is 10.0 Å². The van der Waals surface area contributed by atoms with Gasteiger partial charge >= 0.3 is 0 Å². The Balaban J connectivity index is 1.83. The molecule has 0 unspecified atom stereocenters. The van der Waals surface area contributed by atoms with E-state index in [9.17, 15) is 0 Å². The van der Waals surface area contributed by atoms with Crippen LogP contribution in [0.25, 0.3) is 23.2 Å². The van der Waals surface area contributed by atoms with Gasteiger partial charge in [0.25, 0.3) is 0 Å². The summed E-state index contributed by atoms with van der Waals surface area (Å²) in [7, 11) is 1.92.